The Bertz CT molecular complexity index is 469. The van der Waals surface area contributed by atoms with Gasteiger partial charge >= 0.3 is 0 Å². The van der Waals surface area contributed by atoms with Gasteiger partial charge in [0.1, 0.15) is 0 Å². The SMILES string of the molecule is CC(c1ccccn1)C(Cl)c1ccc(Br)cc1. The summed E-state index contributed by atoms with van der Waals surface area (Å²) in [7, 11) is 0. The average Bonchev–Trinajstić information content (AvgIpc) is 2.39. The lowest BCUT2D eigenvalue weighted by molar-refractivity contribution is 0.706. The summed E-state index contributed by atoms with van der Waals surface area (Å²) in [5, 5.41) is -0.0574. The summed E-state index contributed by atoms with van der Waals surface area (Å²) in [5.41, 5.74) is 2.14. The van der Waals surface area contributed by atoms with Crippen LogP contribution in [-0.2, 0) is 0 Å². The number of pyridine rings is 1. The van der Waals surface area contributed by atoms with Crippen molar-refractivity contribution >= 4 is 27.5 Å². The van der Waals surface area contributed by atoms with Crippen molar-refractivity contribution in [3.05, 3.63) is 64.4 Å². The van der Waals surface area contributed by atoms with Crippen LogP contribution in [0, 0.1) is 0 Å². The quantitative estimate of drug-likeness (QED) is 0.733. The highest BCUT2D eigenvalue weighted by molar-refractivity contribution is 9.10. The fourth-order valence-corrected chi connectivity index (χ4v) is 2.27. The van der Waals surface area contributed by atoms with Gasteiger partial charge in [-0.25, -0.2) is 0 Å². The van der Waals surface area contributed by atoms with E-state index in [1.807, 2.05) is 42.5 Å². The molecule has 0 fully saturated rings. The van der Waals surface area contributed by atoms with Crippen LogP contribution in [0.5, 0.6) is 0 Å². The number of hydrogen-bond donors (Lipinski definition) is 0. The molecule has 17 heavy (non-hydrogen) atoms. The van der Waals surface area contributed by atoms with Gasteiger partial charge in [-0.2, -0.15) is 0 Å². The molecule has 0 aliphatic heterocycles. The van der Waals surface area contributed by atoms with E-state index in [0.29, 0.717) is 0 Å². The summed E-state index contributed by atoms with van der Waals surface area (Å²) in [6.07, 6.45) is 1.80. The predicted molar refractivity (Wildman–Crippen MR) is 75.4 cm³/mol. The smallest absolute Gasteiger partial charge is 0.0666 e. The van der Waals surface area contributed by atoms with Crippen LogP contribution in [0.25, 0.3) is 0 Å². The van der Waals surface area contributed by atoms with Gasteiger partial charge in [0.25, 0.3) is 0 Å². The molecular formula is C14H13BrClN. The number of benzene rings is 1. The summed E-state index contributed by atoms with van der Waals surface area (Å²) >= 11 is 9.91. The molecule has 2 unspecified atom stereocenters. The van der Waals surface area contributed by atoms with Crippen LogP contribution in [-0.4, -0.2) is 4.98 Å². The van der Waals surface area contributed by atoms with Crippen LogP contribution in [0.4, 0.5) is 0 Å². The van der Waals surface area contributed by atoms with Gasteiger partial charge in [-0.1, -0.05) is 41.1 Å². The van der Waals surface area contributed by atoms with Crippen LogP contribution in [0.1, 0.15) is 29.5 Å². The summed E-state index contributed by atoms with van der Waals surface area (Å²) in [5.74, 6) is 0.194. The fourth-order valence-electron chi connectivity index (χ4n) is 1.73. The number of rotatable bonds is 3. The van der Waals surface area contributed by atoms with E-state index in [0.717, 1.165) is 15.7 Å². The second kappa shape index (κ2) is 5.65. The summed E-state index contributed by atoms with van der Waals surface area (Å²) in [4.78, 5) is 4.35. The highest BCUT2D eigenvalue weighted by Crippen LogP contribution is 2.35. The Morgan fingerprint density at radius 1 is 1.12 bits per heavy atom. The van der Waals surface area contributed by atoms with Crippen molar-refractivity contribution in [1.82, 2.24) is 4.98 Å². The van der Waals surface area contributed by atoms with Gasteiger partial charge in [-0.05, 0) is 29.8 Å². The summed E-state index contributed by atoms with van der Waals surface area (Å²) < 4.78 is 1.07. The number of aromatic nitrogens is 1. The lowest BCUT2D eigenvalue weighted by atomic mass is 9.97. The van der Waals surface area contributed by atoms with Crippen LogP contribution in [0.2, 0.25) is 0 Å². The van der Waals surface area contributed by atoms with Crippen molar-refractivity contribution in [2.45, 2.75) is 18.2 Å². The molecular weight excluding hydrogens is 298 g/mol. The largest absolute Gasteiger partial charge is 0.261 e. The highest BCUT2D eigenvalue weighted by atomic mass is 79.9. The number of hydrogen-bond acceptors (Lipinski definition) is 1. The molecule has 0 aliphatic rings. The van der Waals surface area contributed by atoms with E-state index in [1.54, 1.807) is 6.20 Å². The molecule has 2 aromatic rings. The van der Waals surface area contributed by atoms with Gasteiger partial charge in [0, 0.05) is 22.3 Å². The first-order valence-corrected chi connectivity index (χ1v) is 6.72. The van der Waals surface area contributed by atoms with Gasteiger partial charge in [-0.3, -0.25) is 4.98 Å². The van der Waals surface area contributed by atoms with Crippen molar-refractivity contribution in [1.29, 1.82) is 0 Å². The molecule has 0 N–H and O–H groups in total. The minimum Gasteiger partial charge on any atom is -0.261 e. The number of alkyl halides is 1. The zero-order valence-electron chi connectivity index (χ0n) is 9.48. The van der Waals surface area contributed by atoms with Gasteiger partial charge in [0.2, 0.25) is 0 Å². The second-order valence-electron chi connectivity index (χ2n) is 4.00. The molecule has 88 valence electrons. The van der Waals surface area contributed by atoms with E-state index in [1.165, 1.54) is 0 Å². The number of halogens is 2. The van der Waals surface area contributed by atoms with Gasteiger partial charge in [0.15, 0.2) is 0 Å². The molecule has 0 aliphatic carbocycles. The molecule has 0 bridgehead atoms. The molecule has 1 aromatic heterocycles. The first-order valence-electron chi connectivity index (χ1n) is 5.49. The maximum atomic E-state index is 6.49. The Balaban J connectivity index is 2.20. The second-order valence-corrected chi connectivity index (χ2v) is 5.38. The van der Waals surface area contributed by atoms with Crippen molar-refractivity contribution < 1.29 is 0 Å². The lowest BCUT2D eigenvalue weighted by Gasteiger charge is -2.17. The molecule has 1 aromatic carbocycles. The molecule has 3 heteroatoms. The first-order chi connectivity index (χ1) is 8.18. The molecule has 0 saturated carbocycles. The third-order valence-electron chi connectivity index (χ3n) is 2.78. The molecule has 2 rings (SSSR count). The van der Waals surface area contributed by atoms with Gasteiger partial charge in [-0.15, -0.1) is 11.6 Å². The normalized spacial score (nSPS) is 14.3. The Morgan fingerprint density at radius 3 is 2.41 bits per heavy atom. The Hall–Kier alpha value is -0.860. The molecule has 2 atom stereocenters. The minimum atomic E-state index is -0.0574. The van der Waals surface area contributed by atoms with Crippen LogP contribution >= 0.6 is 27.5 Å². The van der Waals surface area contributed by atoms with Crippen molar-refractivity contribution in [3.8, 4) is 0 Å². The summed E-state index contributed by atoms with van der Waals surface area (Å²) in [6, 6.07) is 14.0. The topological polar surface area (TPSA) is 12.9 Å². The first kappa shape index (κ1) is 12.6. The molecule has 0 radical (unpaired) electrons. The average molecular weight is 311 g/mol. The minimum absolute atomic E-state index is 0.0574. The molecule has 0 saturated heterocycles. The van der Waals surface area contributed by atoms with Crippen LogP contribution in [0.15, 0.2) is 53.1 Å². The van der Waals surface area contributed by atoms with Gasteiger partial charge < -0.3 is 0 Å². The molecule has 0 amide bonds. The van der Waals surface area contributed by atoms with E-state index >= 15 is 0 Å². The van der Waals surface area contributed by atoms with E-state index in [4.69, 9.17) is 11.6 Å². The maximum Gasteiger partial charge on any atom is 0.0666 e. The highest BCUT2D eigenvalue weighted by Gasteiger charge is 2.19. The van der Waals surface area contributed by atoms with Crippen molar-refractivity contribution in [2.24, 2.45) is 0 Å². The third-order valence-corrected chi connectivity index (χ3v) is 3.94. The van der Waals surface area contributed by atoms with Crippen LogP contribution in [0.3, 0.4) is 0 Å². The number of nitrogens with zero attached hydrogens (tertiary/aromatic N) is 1. The third kappa shape index (κ3) is 3.08. The Morgan fingerprint density at radius 2 is 1.82 bits per heavy atom. The fraction of sp³-hybridized carbons (Fsp3) is 0.214. The Kier molecular flexibility index (Phi) is 4.19. The zero-order chi connectivity index (χ0) is 12.3. The predicted octanol–water partition coefficient (Wildman–Crippen LogP) is 4.93. The van der Waals surface area contributed by atoms with E-state index in [9.17, 15) is 0 Å². The van der Waals surface area contributed by atoms with E-state index < -0.39 is 0 Å². The van der Waals surface area contributed by atoms with Crippen molar-refractivity contribution in [2.75, 3.05) is 0 Å². The van der Waals surface area contributed by atoms with E-state index in [-0.39, 0.29) is 11.3 Å². The molecule has 0 spiro atoms. The lowest BCUT2D eigenvalue weighted by Crippen LogP contribution is -2.04. The Labute approximate surface area is 115 Å². The van der Waals surface area contributed by atoms with Gasteiger partial charge in [0.05, 0.1) is 5.38 Å². The summed E-state index contributed by atoms with van der Waals surface area (Å²) in [6.45, 7) is 2.10. The van der Waals surface area contributed by atoms with Crippen molar-refractivity contribution in [3.63, 3.8) is 0 Å². The standard InChI is InChI=1S/C14H13BrClN/c1-10(13-4-2-3-9-17-13)14(16)11-5-7-12(15)8-6-11/h2-10,14H,1H3. The van der Waals surface area contributed by atoms with Crippen LogP contribution < -0.4 is 0 Å². The van der Waals surface area contributed by atoms with E-state index in [2.05, 4.69) is 27.8 Å². The maximum absolute atomic E-state index is 6.49. The zero-order valence-corrected chi connectivity index (χ0v) is 11.8. The molecule has 1 nitrogen and oxygen atoms in total. The monoisotopic (exact) mass is 309 g/mol. The molecule has 1 heterocycles.